The van der Waals surface area contributed by atoms with Crippen LogP contribution in [0.1, 0.15) is 20.3 Å². The summed E-state index contributed by atoms with van der Waals surface area (Å²) in [4.78, 5) is 10.9. The van der Waals surface area contributed by atoms with Crippen LogP contribution in [0, 0.1) is 0 Å². The van der Waals surface area contributed by atoms with Gasteiger partial charge >= 0.3 is 0 Å². The summed E-state index contributed by atoms with van der Waals surface area (Å²) >= 11 is 0. The smallest absolute Gasteiger partial charge is 0.236 e. The first-order valence-corrected chi connectivity index (χ1v) is 3.71. The molecule has 11 heavy (non-hydrogen) atoms. The van der Waals surface area contributed by atoms with E-state index in [1.165, 1.54) is 0 Å². The fraction of sp³-hybridized carbons (Fsp3) is 0.625. The molecule has 0 aliphatic rings. The summed E-state index contributed by atoms with van der Waals surface area (Å²) in [6.45, 7) is 7.94. The van der Waals surface area contributed by atoms with Crippen LogP contribution >= 0.6 is 0 Å². The third kappa shape index (κ3) is 5.61. The van der Waals surface area contributed by atoms with Gasteiger partial charge < -0.3 is 11.1 Å². The van der Waals surface area contributed by atoms with Crippen LogP contribution in [0.25, 0.3) is 0 Å². The molecule has 0 aliphatic carbocycles. The molecule has 0 fully saturated rings. The van der Waals surface area contributed by atoms with Crippen molar-refractivity contribution < 1.29 is 4.79 Å². The molecule has 0 bridgehead atoms. The van der Waals surface area contributed by atoms with Gasteiger partial charge in [0, 0.05) is 6.54 Å². The zero-order chi connectivity index (χ0) is 8.85. The van der Waals surface area contributed by atoms with Gasteiger partial charge in [-0.15, -0.1) is 6.58 Å². The van der Waals surface area contributed by atoms with E-state index in [1.807, 2.05) is 6.92 Å². The van der Waals surface area contributed by atoms with E-state index in [2.05, 4.69) is 11.9 Å². The molecule has 1 atom stereocenters. The van der Waals surface area contributed by atoms with Crippen molar-refractivity contribution in [3.8, 4) is 0 Å². The van der Waals surface area contributed by atoms with Crippen molar-refractivity contribution in [2.75, 3.05) is 6.54 Å². The maximum Gasteiger partial charge on any atom is 0.236 e. The van der Waals surface area contributed by atoms with Crippen molar-refractivity contribution in [2.24, 2.45) is 5.73 Å². The van der Waals surface area contributed by atoms with Crippen LogP contribution in [-0.2, 0) is 4.79 Å². The van der Waals surface area contributed by atoms with Gasteiger partial charge in [-0.2, -0.15) is 0 Å². The molecule has 0 aromatic heterocycles. The van der Waals surface area contributed by atoms with E-state index in [0.29, 0.717) is 6.54 Å². The molecule has 0 rings (SSSR count). The van der Waals surface area contributed by atoms with Crippen LogP contribution in [-0.4, -0.2) is 18.5 Å². The Morgan fingerprint density at radius 1 is 1.73 bits per heavy atom. The number of nitrogens with two attached hydrogens (primary N) is 1. The number of carbonyl (C=O) groups is 1. The van der Waals surface area contributed by atoms with Gasteiger partial charge in [0.2, 0.25) is 5.91 Å². The molecular weight excluding hydrogens is 140 g/mol. The molecule has 3 nitrogen and oxygen atoms in total. The van der Waals surface area contributed by atoms with Crippen LogP contribution < -0.4 is 11.1 Å². The monoisotopic (exact) mass is 156 g/mol. The summed E-state index contributed by atoms with van der Waals surface area (Å²) in [5.41, 5.74) is 6.38. The topological polar surface area (TPSA) is 55.1 Å². The summed E-state index contributed by atoms with van der Waals surface area (Å²) in [6.07, 6.45) is 0.818. The Hall–Kier alpha value is -0.830. The van der Waals surface area contributed by atoms with Crippen LogP contribution in [0.4, 0.5) is 0 Å². The molecule has 3 heteroatoms. The molecule has 0 aromatic carbocycles. The number of nitrogens with one attached hydrogen (secondary N) is 1. The second-order valence-corrected chi connectivity index (χ2v) is 2.79. The minimum absolute atomic E-state index is 0.105. The van der Waals surface area contributed by atoms with Crippen molar-refractivity contribution in [3.05, 3.63) is 12.2 Å². The number of amides is 1. The van der Waals surface area contributed by atoms with E-state index in [1.54, 1.807) is 6.92 Å². The molecule has 0 saturated heterocycles. The fourth-order valence-corrected chi connectivity index (χ4v) is 0.560. The van der Waals surface area contributed by atoms with E-state index >= 15 is 0 Å². The molecule has 0 radical (unpaired) electrons. The van der Waals surface area contributed by atoms with Gasteiger partial charge in [0.25, 0.3) is 0 Å². The van der Waals surface area contributed by atoms with Crippen molar-refractivity contribution in [2.45, 2.75) is 26.3 Å². The molecule has 0 heterocycles. The highest BCUT2D eigenvalue weighted by Crippen LogP contribution is 1.91. The Balaban J connectivity index is 3.39. The highest BCUT2D eigenvalue weighted by molar-refractivity contribution is 5.80. The largest absolute Gasteiger partial charge is 0.354 e. The highest BCUT2D eigenvalue weighted by atomic mass is 16.2. The Kier molecular flexibility index (Phi) is 4.54. The summed E-state index contributed by atoms with van der Waals surface area (Å²) < 4.78 is 0. The second-order valence-electron chi connectivity index (χ2n) is 2.79. The first-order valence-electron chi connectivity index (χ1n) is 3.71. The van der Waals surface area contributed by atoms with E-state index in [-0.39, 0.29) is 5.91 Å². The van der Waals surface area contributed by atoms with E-state index < -0.39 is 6.04 Å². The average molecular weight is 156 g/mol. The Morgan fingerprint density at radius 3 is 2.64 bits per heavy atom. The summed E-state index contributed by atoms with van der Waals surface area (Å²) in [7, 11) is 0. The quantitative estimate of drug-likeness (QED) is 0.579. The van der Waals surface area contributed by atoms with E-state index in [0.717, 1.165) is 12.0 Å². The van der Waals surface area contributed by atoms with E-state index in [9.17, 15) is 4.79 Å². The van der Waals surface area contributed by atoms with Crippen LogP contribution in [0.5, 0.6) is 0 Å². The van der Waals surface area contributed by atoms with Gasteiger partial charge in [0.1, 0.15) is 0 Å². The normalized spacial score (nSPS) is 12.3. The Bertz CT molecular complexity index is 152. The molecule has 0 saturated carbocycles. The first kappa shape index (κ1) is 10.2. The maximum absolute atomic E-state index is 10.9. The fourth-order valence-electron chi connectivity index (χ4n) is 0.560. The molecule has 64 valence electrons. The lowest BCUT2D eigenvalue weighted by atomic mass is 10.2. The average Bonchev–Trinajstić information content (AvgIpc) is 1.86. The number of hydrogen-bond acceptors (Lipinski definition) is 2. The van der Waals surface area contributed by atoms with Crippen LogP contribution in [0.15, 0.2) is 12.2 Å². The van der Waals surface area contributed by atoms with Crippen LogP contribution in [0.2, 0.25) is 0 Å². The molecule has 3 N–H and O–H groups in total. The van der Waals surface area contributed by atoms with Crippen molar-refractivity contribution in [1.29, 1.82) is 0 Å². The third-order valence-corrected chi connectivity index (χ3v) is 1.26. The van der Waals surface area contributed by atoms with Crippen molar-refractivity contribution >= 4 is 5.91 Å². The van der Waals surface area contributed by atoms with E-state index in [4.69, 9.17) is 5.73 Å². The van der Waals surface area contributed by atoms with Gasteiger partial charge in [-0.3, -0.25) is 4.79 Å². The SMILES string of the molecule is C=C(C)CCNC(=O)[C@@H](C)N. The second kappa shape index (κ2) is 4.91. The molecule has 0 spiro atoms. The highest BCUT2D eigenvalue weighted by Gasteiger charge is 2.04. The van der Waals surface area contributed by atoms with Gasteiger partial charge in [-0.05, 0) is 20.3 Å². The lowest BCUT2D eigenvalue weighted by molar-refractivity contribution is -0.121. The Morgan fingerprint density at radius 2 is 2.27 bits per heavy atom. The van der Waals surface area contributed by atoms with Gasteiger partial charge in [-0.1, -0.05) is 5.57 Å². The lowest BCUT2D eigenvalue weighted by Gasteiger charge is -2.06. The van der Waals surface area contributed by atoms with Crippen molar-refractivity contribution in [3.63, 3.8) is 0 Å². The predicted molar refractivity (Wildman–Crippen MR) is 46.1 cm³/mol. The van der Waals surface area contributed by atoms with Gasteiger partial charge in [0.05, 0.1) is 6.04 Å². The zero-order valence-corrected chi connectivity index (χ0v) is 7.18. The van der Waals surface area contributed by atoms with Gasteiger partial charge in [0.15, 0.2) is 0 Å². The summed E-state index contributed by atoms with van der Waals surface area (Å²) in [5, 5.41) is 2.69. The molecule has 0 aromatic rings. The molecule has 0 aliphatic heterocycles. The number of hydrogen-bond donors (Lipinski definition) is 2. The van der Waals surface area contributed by atoms with Crippen LogP contribution in [0.3, 0.4) is 0 Å². The minimum Gasteiger partial charge on any atom is -0.354 e. The van der Waals surface area contributed by atoms with Crippen molar-refractivity contribution in [1.82, 2.24) is 5.32 Å². The molecule has 0 unspecified atom stereocenters. The molecular formula is C8H16N2O. The standard InChI is InChI=1S/C8H16N2O/c1-6(2)4-5-10-8(11)7(3)9/h7H,1,4-5,9H2,2-3H3,(H,10,11)/t7-/m1/s1. The lowest BCUT2D eigenvalue weighted by Crippen LogP contribution is -2.38. The number of rotatable bonds is 4. The number of carbonyl (C=O) groups excluding carboxylic acids is 1. The van der Waals surface area contributed by atoms with Gasteiger partial charge in [-0.25, -0.2) is 0 Å². The molecule has 1 amide bonds. The third-order valence-electron chi connectivity index (χ3n) is 1.26. The summed E-state index contributed by atoms with van der Waals surface area (Å²) in [6, 6.07) is -0.417. The minimum atomic E-state index is -0.417. The summed E-state index contributed by atoms with van der Waals surface area (Å²) in [5.74, 6) is -0.105. The Labute approximate surface area is 67.7 Å². The maximum atomic E-state index is 10.9. The zero-order valence-electron chi connectivity index (χ0n) is 7.18. The predicted octanol–water partition coefficient (Wildman–Crippen LogP) is 0.416. The first-order chi connectivity index (χ1) is 5.04.